The molecule has 0 amide bonds. The van der Waals surface area contributed by atoms with Crippen LogP contribution in [0.5, 0.6) is 0 Å². The largest absolute Gasteiger partial charge is 0.312 e. The lowest BCUT2D eigenvalue weighted by Crippen LogP contribution is -2.22. The van der Waals surface area contributed by atoms with Gasteiger partial charge in [0, 0.05) is 28.3 Å². The highest BCUT2D eigenvalue weighted by molar-refractivity contribution is 8.00. The Morgan fingerprint density at radius 3 is 2.73 bits per heavy atom. The summed E-state index contributed by atoms with van der Waals surface area (Å²) in [7, 11) is 0. The fraction of sp³-hybridized carbons (Fsp3) is 0.333. The zero-order chi connectivity index (χ0) is 11.1. The maximum Gasteiger partial charge on any atom is 0.0406 e. The lowest BCUT2D eigenvalue weighted by atomic mass is 10.4. The SMILES string of the molecule is C=CCNCC(C)Sc1ccc(Cl)cc1. The van der Waals surface area contributed by atoms with Crippen LogP contribution in [0.1, 0.15) is 6.92 Å². The molecular formula is C12H16ClNS. The van der Waals surface area contributed by atoms with Gasteiger partial charge < -0.3 is 5.32 Å². The van der Waals surface area contributed by atoms with Gasteiger partial charge in [-0.2, -0.15) is 0 Å². The molecule has 1 rings (SSSR count). The van der Waals surface area contributed by atoms with Crippen LogP contribution in [0.15, 0.2) is 41.8 Å². The van der Waals surface area contributed by atoms with E-state index in [2.05, 4.69) is 31.0 Å². The number of halogens is 1. The van der Waals surface area contributed by atoms with Gasteiger partial charge >= 0.3 is 0 Å². The molecule has 0 aliphatic rings. The van der Waals surface area contributed by atoms with Crippen LogP contribution in [0, 0.1) is 0 Å². The topological polar surface area (TPSA) is 12.0 Å². The molecule has 0 fully saturated rings. The molecule has 1 unspecified atom stereocenters. The molecule has 0 aromatic heterocycles. The second-order valence-electron chi connectivity index (χ2n) is 3.33. The summed E-state index contributed by atoms with van der Waals surface area (Å²) < 4.78 is 0. The Hall–Kier alpha value is -0.440. The van der Waals surface area contributed by atoms with E-state index >= 15 is 0 Å². The van der Waals surface area contributed by atoms with Crippen LogP contribution in [0.4, 0.5) is 0 Å². The molecule has 0 saturated carbocycles. The smallest absolute Gasteiger partial charge is 0.0406 e. The first-order chi connectivity index (χ1) is 7.22. The third-order valence-electron chi connectivity index (χ3n) is 1.87. The van der Waals surface area contributed by atoms with E-state index in [0.29, 0.717) is 5.25 Å². The van der Waals surface area contributed by atoms with E-state index in [1.54, 1.807) is 0 Å². The Bertz CT molecular complexity index is 297. The molecule has 1 atom stereocenters. The summed E-state index contributed by atoms with van der Waals surface area (Å²) in [6.07, 6.45) is 1.87. The molecule has 1 aromatic rings. The average Bonchev–Trinajstić information content (AvgIpc) is 2.22. The molecule has 0 saturated heterocycles. The minimum Gasteiger partial charge on any atom is -0.312 e. The lowest BCUT2D eigenvalue weighted by Gasteiger charge is -2.11. The standard InChI is InChI=1S/C12H16ClNS/c1-3-8-14-9-10(2)15-12-6-4-11(13)5-7-12/h3-7,10,14H,1,8-9H2,2H3. The first-order valence-electron chi connectivity index (χ1n) is 4.96. The minimum absolute atomic E-state index is 0.547. The van der Waals surface area contributed by atoms with Crippen LogP contribution >= 0.6 is 23.4 Å². The molecule has 0 aliphatic carbocycles. The minimum atomic E-state index is 0.547. The number of thioether (sulfide) groups is 1. The Morgan fingerprint density at radius 2 is 2.13 bits per heavy atom. The summed E-state index contributed by atoms with van der Waals surface area (Å²) in [6, 6.07) is 7.95. The van der Waals surface area contributed by atoms with E-state index in [4.69, 9.17) is 11.6 Å². The van der Waals surface area contributed by atoms with Crippen LogP contribution in [0.3, 0.4) is 0 Å². The average molecular weight is 242 g/mol. The Labute approximate surface area is 101 Å². The van der Waals surface area contributed by atoms with Crippen molar-refractivity contribution >= 4 is 23.4 Å². The molecule has 1 nitrogen and oxygen atoms in total. The molecule has 0 bridgehead atoms. The number of hydrogen-bond acceptors (Lipinski definition) is 2. The number of benzene rings is 1. The second-order valence-corrected chi connectivity index (χ2v) is 5.28. The van der Waals surface area contributed by atoms with Crippen molar-refractivity contribution in [3.05, 3.63) is 41.9 Å². The van der Waals surface area contributed by atoms with Gasteiger partial charge in [0.2, 0.25) is 0 Å². The van der Waals surface area contributed by atoms with Gasteiger partial charge in [0.1, 0.15) is 0 Å². The fourth-order valence-corrected chi connectivity index (χ4v) is 2.26. The maximum atomic E-state index is 5.82. The van der Waals surface area contributed by atoms with Crippen LogP contribution in [0.25, 0.3) is 0 Å². The van der Waals surface area contributed by atoms with E-state index < -0.39 is 0 Å². The van der Waals surface area contributed by atoms with Gasteiger partial charge in [0.25, 0.3) is 0 Å². The van der Waals surface area contributed by atoms with Gasteiger partial charge in [0.15, 0.2) is 0 Å². The van der Waals surface area contributed by atoms with Crippen LogP contribution in [-0.2, 0) is 0 Å². The summed E-state index contributed by atoms with van der Waals surface area (Å²) in [5.41, 5.74) is 0. The third kappa shape index (κ3) is 5.26. The number of rotatable bonds is 6. The molecule has 0 heterocycles. The quantitative estimate of drug-likeness (QED) is 0.464. The molecule has 0 radical (unpaired) electrons. The van der Waals surface area contributed by atoms with Crippen molar-refractivity contribution in [1.29, 1.82) is 0 Å². The van der Waals surface area contributed by atoms with E-state index in [-0.39, 0.29) is 0 Å². The van der Waals surface area contributed by atoms with Crippen LogP contribution in [0.2, 0.25) is 5.02 Å². The van der Waals surface area contributed by atoms with Crippen molar-refractivity contribution in [2.75, 3.05) is 13.1 Å². The molecule has 3 heteroatoms. The zero-order valence-electron chi connectivity index (χ0n) is 8.87. The highest BCUT2D eigenvalue weighted by Gasteiger charge is 2.03. The first-order valence-corrected chi connectivity index (χ1v) is 6.22. The maximum absolute atomic E-state index is 5.82. The highest BCUT2D eigenvalue weighted by Crippen LogP contribution is 2.24. The van der Waals surface area contributed by atoms with Crippen molar-refractivity contribution in [3.8, 4) is 0 Å². The molecule has 0 aliphatic heterocycles. The van der Waals surface area contributed by atoms with E-state index in [1.807, 2.05) is 30.0 Å². The summed E-state index contributed by atoms with van der Waals surface area (Å²) in [5.74, 6) is 0. The Balaban J connectivity index is 2.34. The second kappa shape index (κ2) is 6.94. The van der Waals surface area contributed by atoms with E-state index in [1.165, 1.54) is 4.90 Å². The predicted octanol–water partition coefficient (Wildman–Crippen LogP) is 3.60. The molecule has 0 spiro atoms. The van der Waals surface area contributed by atoms with Gasteiger partial charge in [-0.15, -0.1) is 18.3 Å². The van der Waals surface area contributed by atoms with Crippen molar-refractivity contribution in [2.45, 2.75) is 17.1 Å². The highest BCUT2D eigenvalue weighted by atomic mass is 35.5. The van der Waals surface area contributed by atoms with Gasteiger partial charge in [0.05, 0.1) is 0 Å². The van der Waals surface area contributed by atoms with Gasteiger partial charge in [-0.1, -0.05) is 24.6 Å². The summed E-state index contributed by atoms with van der Waals surface area (Å²) in [6.45, 7) is 7.72. The normalized spacial score (nSPS) is 12.4. The van der Waals surface area contributed by atoms with E-state index in [0.717, 1.165) is 18.1 Å². The van der Waals surface area contributed by atoms with Gasteiger partial charge in [-0.25, -0.2) is 0 Å². The van der Waals surface area contributed by atoms with Gasteiger partial charge in [-0.3, -0.25) is 0 Å². The number of hydrogen-bond donors (Lipinski definition) is 1. The van der Waals surface area contributed by atoms with Crippen molar-refractivity contribution in [1.82, 2.24) is 5.32 Å². The Kier molecular flexibility index (Phi) is 5.84. The molecule has 1 aromatic carbocycles. The summed E-state index contributed by atoms with van der Waals surface area (Å²) >= 11 is 7.67. The number of nitrogens with one attached hydrogen (secondary N) is 1. The van der Waals surface area contributed by atoms with Crippen LogP contribution in [-0.4, -0.2) is 18.3 Å². The van der Waals surface area contributed by atoms with Crippen LogP contribution < -0.4 is 5.32 Å². The monoisotopic (exact) mass is 241 g/mol. The Morgan fingerprint density at radius 1 is 1.47 bits per heavy atom. The van der Waals surface area contributed by atoms with Crippen molar-refractivity contribution in [3.63, 3.8) is 0 Å². The first kappa shape index (κ1) is 12.6. The zero-order valence-corrected chi connectivity index (χ0v) is 10.4. The molecule has 1 N–H and O–H groups in total. The summed E-state index contributed by atoms with van der Waals surface area (Å²) in [5, 5.41) is 4.64. The summed E-state index contributed by atoms with van der Waals surface area (Å²) in [4.78, 5) is 1.26. The third-order valence-corrected chi connectivity index (χ3v) is 3.24. The molecular weight excluding hydrogens is 226 g/mol. The van der Waals surface area contributed by atoms with E-state index in [9.17, 15) is 0 Å². The van der Waals surface area contributed by atoms with Gasteiger partial charge in [-0.05, 0) is 24.3 Å². The lowest BCUT2D eigenvalue weighted by molar-refractivity contribution is 0.740. The van der Waals surface area contributed by atoms with Crippen molar-refractivity contribution < 1.29 is 0 Å². The molecule has 82 valence electrons. The molecule has 15 heavy (non-hydrogen) atoms. The predicted molar refractivity (Wildman–Crippen MR) is 69.8 cm³/mol. The fourth-order valence-electron chi connectivity index (χ4n) is 1.18. The van der Waals surface area contributed by atoms with Crippen molar-refractivity contribution in [2.24, 2.45) is 0 Å².